The molecule has 3 saturated carbocycles. The highest BCUT2D eigenvalue weighted by Crippen LogP contribution is 2.58. The number of aromatic nitrogens is 1. The normalized spacial score (nSPS) is 31.2. The number of esters is 1. The predicted molar refractivity (Wildman–Crippen MR) is 215 cm³/mol. The summed E-state index contributed by atoms with van der Waals surface area (Å²) < 4.78 is 46.1. The Kier molecular flexibility index (Phi) is 11.5. The number of nitrogens with zero attached hydrogens (tertiary/aromatic N) is 2. The van der Waals surface area contributed by atoms with Crippen molar-refractivity contribution in [1.82, 2.24) is 14.6 Å². The van der Waals surface area contributed by atoms with Gasteiger partial charge in [0.05, 0.1) is 54.5 Å². The maximum absolute atomic E-state index is 14.9. The van der Waals surface area contributed by atoms with Crippen LogP contribution in [-0.2, 0) is 33.9 Å². The number of benzene rings is 1. The fourth-order valence-electron chi connectivity index (χ4n) is 8.66. The molecule has 1 aromatic carbocycles. The number of sulfonamides is 1. The Labute approximate surface area is 336 Å². The molecule has 1 aromatic heterocycles. The molecule has 13 heteroatoms. The highest BCUT2D eigenvalue weighted by Gasteiger charge is 2.62. The highest BCUT2D eigenvalue weighted by molar-refractivity contribution is 7.91. The molecule has 0 unspecified atom stereocenters. The van der Waals surface area contributed by atoms with Crippen LogP contribution in [0.5, 0.6) is 11.6 Å². The van der Waals surface area contributed by atoms with E-state index in [4.69, 9.17) is 14.2 Å². The van der Waals surface area contributed by atoms with E-state index in [1.54, 1.807) is 18.0 Å². The van der Waals surface area contributed by atoms with Gasteiger partial charge in [-0.3, -0.25) is 23.9 Å². The number of fused-ring (bicyclic) bond motifs is 3. The molecule has 0 bridgehead atoms. The number of ketones is 1. The molecule has 7 rings (SSSR count). The third-order valence-corrected chi connectivity index (χ3v) is 15.5. The van der Waals surface area contributed by atoms with E-state index in [9.17, 15) is 27.6 Å². The molecule has 1 saturated heterocycles. The van der Waals surface area contributed by atoms with Crippen LogP contribution in [0.1, 0.15) is 112 Å². The van der Waals surface area contributed by atoms with Crippen molar-refractivity contribution in [2.24, 2.45) is 34.5 Å². The van der Waals surface area contributed by atoms with Crippen molar-refractivity contribution in [3.8, 4) is 11.6 Å². The van der Waals surface area contributed by atoms with Gasteiger partial charge in [0.15, 0.2) is 5.78 Å². The van der Waals surface area contributed by atoms with Crippen molar-refractivity contribution >= 4 is 44.4 Å². The second kappa shape index (κ2) is 16.0. The standard InChI is InChI=1S/C44H59N3O9S/c1-6-19-54-37-25-45-39(33-14-10-9-13-32(33)37)56-31-21-35-36(48)24-44(41(51)46-57(52,53)43(5)17-18-43)23-30(44)12-8-7-11-28(2)20-29(3)34(40(50)47(35)26-31)22-38(49)55-27-42(4)15-16-42/h8-10,12-14,25,28-31,34-35H,6-7,11,15-24,26-27H2,1-5H3,(H,46,51)/b12-8-/t28-,29+,30+,31+,34-,35-,44+/m0/s1. The monoisotopic (exact) mass is 805 g/mol. The van der Waals surface area contributed by atoms with Gasteiger partial charge in [-0.1, -0.05) is 58.0 Å². The molecular weight excluding hydrogens is 747 g/mol. The van der Waals surface area contributed by atoms with Crippen LogP contribution in [-0.4, -0.2) is 78.5 Å². The summed E-state index contributed by atoms with van der Waals surface area (Å²) in [7, 11) is -3.95. The molecule has 7 atom stereocenters. The lowest BCUT2D eigenvalue weighted by atomic mass is 9.82. The Hall–Kier alpha value is -4.00. The molecule has 2 aromatic rings. The Morgan fingerprint density at radius 1 is 1.04 bits per heavy atom. The minimum atomic E-state index is -3.95. The zero-order valence-corrected chi connectivity index (χ0v) is 34.9. The zero-order chi connectivity index (χ0) is 40.8. The number of hydrogen-bond donors (Lipinski definition) is 1. The summed E-state index contributed by atoms with van der Waals surface area (Å²) in [6, 6.07) is 6.66. The van der Waals surface area contributed by atoms with Gasteiger partial charge in [-0.15, -0.1) is 0 Å². The first-order valence-electron chi connectivity index (χ1n) is 21.0. The van der Waals surface area contributed by atoms with E-state index in [0.717, 1.165) is 42.9 Å². The maximum Gasteiger partial charge on any atom is 0.306 e. The van der Waals surface area contributed by atoms with Gasteiger partial charge in [0, 0.05) is 29.0 Å². The predicted octanol–water partition coefficient (Wildman–Crippen LogP) is 6.70. The molecule has 57 heavy (non-hydrogen) atoms. The van der Waals surface area contributed by atoms with E-state index >= 15 is 0 Å². The maximum atomic E-state index is 14.9. The number of hydrogen-bond acceptors (Lipinski definition) is 10. The third-order valence-electron chi connectivity index (χ3n) is 13.3. The summed E-state index contributed by atoms with van der Waals surface area (Å²) in [5.74, 6) is -1.81. The number of ether oxygens (including phenoxy) is 3. The minimum absolute atomic E-state index is 0.0106. The van der Waals surface area contributed by atoms with Gasteiger partial charge in [-0.25, -0.2) is 13.4 Å². The number of pyridine rings is 1. The Morgan fingerprint density at radius 2 is 1.77 bits per heavy atom. The van der Waals surface area contributed by atoms with E-state index in [0.29, 0.717) is 50.5 Å². The van der Waals surface area contributed by atoms with Crippen molar-refractivity contribution < 1.29 is 41.8 Å². The minimum Gasteiger partial charge on any atom is -0.491 e. The molecule has 3 heterocycles. The second-order valence-corrected chi connectivity index (χ2v) is 20.6. The van der Waals surface area contributed by atoms with Gasteiger partial charge in [0.2, 0.25) is 27.7 Å². The summed E-state index contributed by atoms with van der Waals surface area (Å²) in [6.45, 7) is 10.8. The van der Waals surface area contributed by atoms with Crippen molar-refractivity contribution in [3.05, 3.63) is 42.6 Å². The van der Waals surface area contributed by atoms with Crippen LogP contribution in [0.25, 0.3) is 10.8 Å². The number of carbonyl (C=O) groups excluding carboxylic acids is 4. The molecule has 2 amide bonds. The summed E-state index contributed by atoms with van der Waals surface area (Å²) in [6.07, 6.45) is 11.1. The fourth-order valence-corrected chi connectivity index (χ4v) is 9.99. The quantitative estimate of drug-likeness (QED) is 0.181. The number of carbonyl (C=O) groups is 4. The zero-order valence-electron chi connectivity index (χ0n) is 34.1. The second-order valence-electron chi connectivity index (χ2n) is 18.4. The Morgan fingerprint density at radius 3 is 2.47 bits per heavy atom. The van der Waals surface area contributed by atoms with Gasteiger partial charge in [0.25, 0.3) is 0 Å². The molecule has 1 N–H and O–H groups in total. The lowest BCUT2D eigenvalue weighted by Crippen LogP contribution is -2.48. The van der Waals surface area contributed by atoms with E-state index in [1.165, 1.54) is 0 Å². The SMILES string of the molecule is CCCOc1cnc(O[C@@H]2C[C@H]3C(=O)C[C@]4(C(=O)NS(=O)(=O)C5(C)CC5)C[C@H]4/C=C\CC[C@H](C)C[C@@H](C)[C@H](CC(=O)OCC4(C)CC4)C(=O)N3C2)c2ccccc12. The van der Waals surface area contributed by atoms with Crippen LogP contribution in [0.4, 0.5) is 0 Å². The van der Waals surface area contributed by atoms with Crippen molar-refractivity contribution in [2.45, 2.75) is 129 Å². The summed E-state index contributed by atoms with van der Waals surface area (Å²) in [5, 5.41) is 1.56. The molecule has 4 fully saturated rings. The van der Waals surface area contributed by atoms with Crippen molar-refractivity contribution in [1.29, 1.82) is 0 Å². The molecule has 5 aliphatic rings. The number of allylic oxidation sites excluding steroid dienone is 2. The van der Waals surface area contributed by atoms with Crippen LogP contribution in [0.15, 0.2) is 42.6 Å². The summed E-state index contributed by atoms with van der Waals surface area (Å²) in [4.78, 5) is 63.3. The van der Waals surface area contributed by atoms with Gasteiger partial charge in [-0.2, -0.15) is 0 Å². The van der Waals surface area contributed by atoms with E-state index in [1.807, 2.05) is 50.3 Å². The molecule has 12 nitrogen and oxygen atoms in total. The highest BCUT2D eigenvalue weighted by atomic mass is 32.2. The van der Waals surface area contributed by atoms with Crippen LogP contribution < -0.4 is 14.2 Å². The Balaban J connectivity index is 1.20. The molecule has 310 valence electrons. The molecular formula is C44H59N3O9S. The van der Waals surface area contributed by atoms with Gasteiger partial charge < -0.3 is 19.1 Å². The number of rotatable bonds is 12. The van der Waals surface area contributed by atoms with Crippen LogP contribution in [0, 0.1) is 34.5 Å². The molecule has 2 aliphatic heterocycles. The third kappa shape index (κ3) is 8.88. The average Bonchev–Trinajstić information content (AvgIpc) is 4.14. The van der Waals surface area contributed by atoms with Gasteiger partial charge >= 0.3 is 5.97 Å². The van der Waals surface area contributed by atoms with Crippen molar-refractivity contribution in [2.75, 3.05) is 19.8 Å². The van der Waals surface area contributed by atoms with Crippen molar-refractivity contribution in [3.63, 3.8) is 0 Å². The Bertz CT molecular complexity index is 2020. The molecule has 0 radical (unpaired) electrons. The van der Waals surface area contributed by atoms with E-state index < -0.39 is 50.1 Å². The number of nitrogens with one attached hydrogen (secondary N) is 1. The van der Waals surface area contributed by atoms with E-state index in [-0.39, 0.29) is 60.7 Å². The van der Waals surface area contributed by atoms with E-state index in [2.05, 4.69) is 23.6 Å². The van der Waals surface area contributed by atoms with Crippen LogP contribution in [0.3, 0.4) is 0 Å². The topological polar surface area (TPSA) is 158 Å². The lowest BCUT2D eigenvalue weighted by molar-refractivity contribution is -0.152. The molecule has 0 spiro atoms. The lowest BCUT2D eigenvalue weighted by Gasteiger charge is -2.32. The first-order valence-corrected chi connectivity index (χ1v) is 22.4. The summed E-state index contributed by atoms with van der Waals surface area (Å²) in [5.41, 5.74) is -1.27. The van der Waals surface area contributed by atoms with Crippen LogP contribution in [0.2, 0.25) is 0 Å². The smallest absolute Gasteiger partial charge is 0.306 e. The first-order chi connectivity index (χ1) is 27.1. The number of amides is 2. The van der Waals surface area contributed by atoms with Gasteiger partial charge in [-0.05, 0) is 88.5 Å². The summed E-state index contributed by atoms with van der Waals surface area (Å²) >= 11 is 0. The average molecular weight is 806 g/mol. The van der Waals surface area contributed by atoms with Gasteiger partial charge in [0.1, 0.15) is 11.9 Å². The van der Waals surface area contributed by atoms with Crippen LogP contribution >= 0.6 is 0 Å². The largest absolute Gasteiger partial charge is 0.491 e. The number of Topliss-reactive ketones (excluding diaryl/α,β-unsaturated/α-hetero) is 1. The molecule has 3 aliphatic carbocycles. The fraction of sp³-hybridized carbons (Fsp3) is 0.659. The first kappa shape index (κ1) is 41.2.